The van der Waals surface area contributed by atoms with Crippen LogP contribution in [-0.4, -0.2) is 41.8 Å². The van der Waals surface area contributed by atoms with Crippen LogP contribution in [-0.2, 0) is 0 Å². The molecule has 0 aromatic carbocycles. The highest BCUT2D eigenvalue weighted by molar-refractivity contribution is 4.92. The predicted octanol–water partition coefficient (Wildman–Crippen LogP) is 0.959. The molecule has 0 aromatic heterocycles. The van der Waals surface area contributed by atoms with E-state index in [0.717, 1.165) is 19.4 Å². The smallest absolute Gasteiger partial charge is 0.0695 e. The number of hydrogen-bond donors (Lipinski definition) is 2. The Morgan fingerprint density at radius 2 is 1.80 bits per heavy atom. The molecule has 0 saturated heterocycles. The lowest BCUT2D eigenvalue weighted by Gasteiger charge is -2.35. The van der Waals surface area contributed by atoms with Gasteiger partial charge in [-0.15, -0.1) is 0 Å². The first-order valence-electron chi connectivity index (χ1n) is 6.34. The van der Waals surface area contributed by atoms with Crippen molar-refractivity contribution in [1.29, 1.82) is 0 Å². The van der Waals surface area contributed by atoms with Crippen molar-refractivity contribution in [1.82, 2.24) is 4.90 Å². The van der Waals surface area contributed by atoms with Gasteiger partial charge >= 0.3 is 0 Å². The predicted molar refractivity (Wildman–Crippen MR) is 61.6 cm³/mol. The third kappa shape index (κ3) is 2.19. The van der Waals surface area contributed by atoms with Gasteiger partial charge in [-0.1, -0.05) is 6.42 Å². The zero-order valence-electron chi connectivity index (χ0n) is 9.73. The molecule has 3 heteroatoms. The molecule has 4 unspecified atom stereocenters. The summed E-state index contributed by atoms with van der Waals surface area (Å²) in [4.78, 5) is 2.42. The minimum Gasteiger partial charge on any atom is -0.391 e. The average molecular weight is 212 g/mol. The first kappa shape index (κ1) is 11.4. The Kier molecular flexibility index (Phi) is 3.65. The molecule has 3 N–H and O–H groups in total. The summed E-state index contributed by atoms with van der Waals surface area (Å²) < 4.78 is 0. The zero-order chi connectivity index (χ0) is 10.8. The normalized spacial score (nSPS) is 41.6. The zero-order valence-corrected chi connectivity index (χ0v) is 9.73. The van der Waals surface area contributed by atoms with Crippen LogP contribution in [0.2, 0.25) is 0 Å². The van der Waals surface area contributed by atoms with Gasteiger partial charge in [-0.2, -0.15) is 0 Å². The number of rotatable bonds is 3. The molecule has 0 aromatic rings. The molecule has 0 spiro atoms. The van der Waals surface area contributed by atoms with Crippen LogP contribution < -0.4 is 5.73 Å². The van der Waals surface area contributed by atoms with Crippen molar-refractivity contribution < 1.29 is 5.11 Å². The van der Waals surface area contributed by atoms with E-state index >= 15 is 0 Å². The largest absolute Gasteiger partial charge is 0.391 e. The first-order valence-corrected chi connectivity index (χ1v) is 6.34. The molecule has 0 heterocycles. The van der Waals surface area contributed by atoms with E-state index in [-0.39, 0.29) is 6.10 Å². The van der Waals surface area contributed by atoms with Crippen LogP contribution >= 0.6 is 0 Å². The number of aliphatic hydroxyl groups is 1. The topological polar surface area (TPSA) is 49.5 Å². The summed E-state index contributed by atoms with van der Waals surface area (Å²) in [7, 11) is 2.18. The Morgan fingerprint density at radius 3 is 2.40 bits per heavy atom. The van der Waals surface area contributed by atoms with Crippen LogP contribution in [0, 0.1) is 5.92 Å². The highest BCUT2D eigenvalue weighted by atomic mass is 16.3. The lowest BCUT2D eigenvalue weighted by Crippen LogP contribution is -2.47. The molecule has 3 nitrogen and oxygen atoms in total. The van der Waals surface area contributed by atoms with E-state index in [1.807, 2.05) is 0 Å². The molecule has 2 aliphatic rings. The highest BCUT2D eigenvalue weighted by Crippen LogP contribution is 2.33. The number of nitrogens with two attached hydrogens (primary N) is 1. The van der Waals surface area contributed by atoms with Gasteiger partial charge in [0.25, 0.3) is 0 Å². The summed E-state index contributed by atoms with van der Waals surface area (Å²) >= 11 is 0. The van der Waals surface area contributed by atoms with Crippen molar-refractivity contribution in [3.8, 4) is 0 Å². The molecule has 0 radical (unpaired) electrons. The summed E-state index contributed by atoms with van der Waals surface area (Å²) in [6.45, 7) is 0.803. The number of aliphatic hydroxyl groups excluding tert-OH is 1. The molecule has 15 heavy (non-hydrogen) atoms. The summed E-state index contributed by atoms with van der Waals surface area (Å²) in [5.41, 5.74) is 5.81. The number of nitrogens with zero attached hydrogens (tertiary/aromatic N) is 1. The van der Waals surface area contributed by atoms with E-state index in [1.54, 1.807) is 0 Å². The van der Waals surface area contributed by atoms with E-state index in [9.17, 15) is 5.11 Å². The van der Waals surface area contributed by atoms with Gasteiger partial charge in [-0.05, 0) is 51.6 Å². The average Bonchev–Trinajstić information content (AvgIpc) is 2.84. The van der Waals surface area contributed by atoms with Crippen LogP contribution in [0.4, 0.5) is 0 Å². The third-order valence-corrected chi connectivity index (χ3v) is 4.41. The quantitative estimate of drug-likeness (QED) is 0.732. The molecular formula is C12H24N2O. The maximum Gasteiger partial charge on any atom is 0.0695 e. The van der Waals surface area contributed by atoms with Gasteiger partial charge in [-0.25, -0.2) is 0 Å². The maximum absolute atomic E-state index is 9.91. The lowest BCUT2D eigenvalue weighted by atomic mass is 10.0. The molecule has 88 valence electrons. The molecule has 4 atom stereocenters. The standard InChI is InChI=1S/C12H24N2O/c1-14(11-6-3-7-12(11)15)10-5-2-4-9(10)8-13/h9-12,15H,2-8,13H2,1H3. The third-order valence-electron chi connectivity index (χ3n) is 4.41. The Balaban J connectivity index is 1.97. The van der Waals surface area contributed by atoms with Gasteiger partial charge in [0.15, 0.2) is 0 Å². The molecule has 2 aliphatic carbocycles. The van der Waals surface area contributed by atoms with Gasteiger partial charge in [0, 0.05) is 12.1 Å². The minimum atomic E-state index is -0.103. The fourth-order valence-corrected chi connectivity index (χ4v) is 3.47. The molecule has 2 rings (SSSR count). The van der Waals surface area contributed by atoms with Gasteiger partial charge in [0.2, 0.25) is 0 Å². The monoisotopic (exact) mass is 212 g/mol. The van der Waals surface area contributed by atoms with E-state index in [0.29, 0.717) is 18.0 Å². The van der Waals surface area contributed by atoms with Crippen LogP contribution in [0.25, 0.3) is 0 Å². The van der Waals surface area contributed by atoms with E-state index in [1.165, 1.54) is 25.7 Å². The van der Waals surface area contributed by atoms with Crippen LogP contribution in [0.5, 0.6) is 0 Å². The fourth-order valence-electron chi connectivity index (χ4n) is 3.47. The summed E-state index contributed by atoms with van der Waals surface area (Å²) in [5.74, 6) is 0.655. The van der Waals surface area contributed by atoms with E-state index in [4.69, 9.17) is 5.73 Å². The van der Waals surface area contributed by atoms with Crippen molar-refractivity contribution in [3.63, 3.8) is 0 Å². The molecule has 2 fully saturated rings. The van der Waals surface area contributed by atoms with Gasteiger partial charge in [0.05, 0.1) is 6.10 Å². The maximum atomic E-state index is 9.91. The second-order valence-corrected chi connectivity index (χ2v) is 5.23. The van der Waals surface area contributed by atoms with Crippen molar-refractivity contribution in [2.45, 2.75) is 56.7 Å². The summed E-state index contributed by atoms with van der Waals surface area (Å²) in [6.07, 6.45) is 7.06. The molecule has 2 saturated carbocycles. The summed E-state index contributed by atoms with van der Waals surface area (Å²) in [5, 5.41) is 9.91. The first-order chi connectivity index (χ1) is 7.24. The fraction of sp³-hybridized carbons (Fsp3) is 1.00. The Labute approximate surface area is 92.6 Å². The van der Waals surface area contributed by atoms with Crippen LogP contribution in [0.15, 0.2) is 0 Å². The van der Waals surface area contributed by atoms with E-state index < -0.39 is 0 Å². The van der Waals surface area contributed by atoms with Crippen molar-refractivity contribution >= 4 is 0 Å². The van der Waals surface area contributed by atoms with Crippen molar-refractivity contribution in [2.24, 2.45) is 11.7 Å². The Bertz CT molecular complexity index is 210. The lowest BCUT2D eigenvalue weighted by molar-refractivity contribution is 0.0509. The van der Waals surface area contributed by atoms with Crippen LogP contribution in [0.3, 0.4) is 0 Å². The second kappa shape index (κ2) is 4.81. The Morgan fingerprint density at radius 1 is 1.13 bits per heavy atom. The second-order valence-electron chi connectivity index (χ2n) is 5.23. The SMILES string of the molecule is CN(C1CCCC1O)C1CCCC1CN. The number of hydrogen-bond acceptors (Lipinski definition) is 3. The van der Waals surface area contributed by atoms with E-state index in [2.05, 4.69) is 11.9 Å². The van der Waals surface area contributed by atoms with Crippen molar-refractivity contribution in [2.75, 3.05) is 13.6 Å². The molecule has 0 bridgehead atoms. The molecular weight excluding hydrogens is 188 g/mol. The van der Waals surface area contributed by atoms with Gasteiger partial charge in [-0.3, -0.25) is 4.90 Å². The van der Waals surface area contributed by atoms with Crippen LogP contribution in [0.1, 0.15) is 38.5 Å². The molecule has 0 aliphatic heterocycles. The van der Waals surface area contributed by atoms with Gasteiger partial charge < -0.3 is 10.8 Å². The summed E-state index contributed by atoms with van der Waals surface area (Å²) in [6, 6.07) is 1.01. The molecule has 0 amide bonds. The minimum absolute atomic E-state index is 0.103. The highest BCUT2D eigenvalue weighted by Gasteiger charge is 2.37. The van der Waals surface area contributed by atoms with Crippen molar-refractivity contribution in [3.05, 3.63) is 0 Å². The Hall–Kier alpha value is -0.120. The number of likely N-dealkylation sites (N-methyl/N-ethyl adjacent to an activating group) is 1. The van der Waals surface area contributed by atoms with Gasteiger partial charge in [0.1, 0.15) is 0 Å².